The van der Waals surface area contributed by atoms with Crippen molar-refractivity contribution in [3.8, 4) is 0 Å². The van der Waals surface area contributed by atoms with Crippen LogP contribution in [0.3, 0.4) is 0 Å². The summed E-state index contributed by atoms with van der Waals surface area (Å²) in [6.07, 6.45) is 0.390. The van der Waals surface area contributed by atoms with E-state index in [0.29, 0.717) is 6.08 Å². The summed E-state index contributed by atoms with van der Waals surface area (Å²) >= 11 is 0. The Morgan fingerprint density at radius 2 is 1.50 bits per heavy atom. The van der Waals surface area contributed by atoms with Crippen LogP contribution in [0.5, 0.6) is 0 Å². The van der Waals surface area contributed by atoms with Gasteiger partial charge in [0, 0.05) is 3.12 Å². The topological polar surface area (TPSA) is 135 Å². The normalized spacial score (nSPS) is 24.5. The monoisotopic (exact) mass is 290 g/mol. The van der Waals surface area contributed by atoms with Crippen LogP contribution < -0.4 is 0 Å². The van der Waals surface area contributed by atoms with Gasteiger partial charge in [-0.25, -0.2) is 21.6 Å². The number of rotatable bonds is 2. The minimum absolute atomic E-state index is 0.207. The third-order valence-corrected chi connectivity index (χ3v) is 8.66. The lowest BCUT2D eigenvalue weighted by atomic mass is 10.6. The largest absolute Gasteiger partial charge is 0.359 e. The Bertz CT molecular complexity index is 602. The van der Waals surface area contributed by atoms with Crippen LogP contribution in [0.4, 0.5) is 0 Å². The van der Waals surface area contributed by atoms with Crippen molar-refractivity contribution in [2.75, 3.05) is 11.5 Å². The molecule has 0 amide bonds. The molecular formula is C4H6N2O7S3. The lowest BCUT2D eigenvalue weighted by Gasteiger charge is -2.22. The molecule has 1 saturated heterocycles. The second-order valence-corrected chi connectivity index (χ2v) is 8.79. The van der Waals surface area contributed by atoms with Crippen LogP contribution in [0.15, 0.2) is 4.40 Å². The molecule has 1 rings (SSSR count). The van der Waals surface area contributed by atoms with Gasteiger partial charge in [0.25, 0.3) is 6.08 Å². The lowest BCUT2D eigenvalue weighted by Crippen LogP contribution is -2.46. The number of hydrogen-bond acceptors (Lipinski definition) is 7. The first-order chi connectivity index (χ1) is 7.13. The quantitative estimate of drug-likeness (QED) is 0.421. The standard InChI is InChI=1S/C4H6N2O7S3/c7-4-5-16(12,13)6-14(8,9)2-1-3-15(6,10)11/h1-3H2. The fourth-order valence-corrected chi connectivity index (χ4v) is 7.55. The molecular weight excluding hydrogens is 284 g/mol. The van der Waals surface area contributed by atoms with E-state index in [2.05, 4.69) is 4.40 Å². The minimum atomic E-state index is -5.09. The molecule has 0 saturated carbocycles. The molecule has 0 atom stereocenters. The van der Waals surface area contributed by atoms with Crippen LogP contribution in [0, 0.1) is 0 Å². The third-order valence-electron chi connectivity index (χ3n) is 1.60. The predicted octanol–water partition coefficient (Wildman–Crippen LogP) is -2.07. The summed E-state index contributed by atoms with van der Waals surface area (Å²) in [6, 6.07) is 0. The molecule has 0 bridgehead atoms. The van der Waals surface area contributed by atoms with Gasteiger partial charge in [-0.1, -0.05) is 4.40 Å². The molecule has 1 heterocycles. The van der Waals surface area contributed by atoms with Gasteiger partial charge < -0.3 is 0 Å². The molecule has 16 heavy (non-hydrogen) atoms. The first kappa shape index (κ1) is 13.3. The zero-order chi connectivity index (χ0) is 12.6. The van der Waals surface area contributed by atoms with Crippen molar-refractivity contribution in [3.05, 3.63) is 0 Å². The molecule has 0 spiro atoms. The second kappa shape index (κ2) is 3.89. The third kappa shape index (κ3) is 2.30. The van der Waals surface area contributed by atoms with E-state index in [1.54, 1.807) is 0 Å². The van der Waals surface area contributed by atoms with Crippen LogP contribution in [0.25, 0.3) is 0 Å². The molecule has 0 aromatic carbocycles. The highest BCUT2D eigenvalue weighted by Gasteiger charge is 2.47. The van der Waals surface area contributed by atoms with Crippen LogP contribution in [0.2, 0.25) is 0 Å². The van der Waals surface area contributed by atoms with Gasteiger partial charge in [0.05, 0.1) is 11.5 Å². The van der Waals surface area contributed by atoms with Crippen molar-refractivity contribution in [2.45, 2.75) is 6.42 Å². The van der Waals surface area contributed by atoms with Crippen molar-refractivity contribution in [3.63, 3.8) is 0 Å². The molecule has 1 aliphatic heterocycles. The maximum atomic E-state index is 11.3. The molecule has 0 aromatic rings. The number of carbonyl (C=O) groups excluding carboxylic acids is 1. The first-order valence-corrected chi connectivity index (χ1v) is 8.35. The van der Waals surface area contributed by atoms with E-state index < -0.39 is 44.9 Å². The SMILES string of the molecule is O=C=NS(=O)(=O)N1S(=O)(=O)CCCS1(=O)=O. The van der Waals surface area contributed by atoms with E-state index in [0.717, 1.165) is 0 Å². The maximum absolute atomic E-state index is 11.3. The summed E-state index contributed by atoms with van der Waals surface area (Å²) in [7, 11) is -14.1. The molecule has 1 fully saturated rings. The fraction of sp³-hybridized carbons (Fsp3) is 0.750. The molecule has 0 aromatic heterocycles. The molecule has 0 radical (unpaired) electrons. The molecule has 0 aliphatic carbocycles. The summed E-state index contributed by atoms with van der Waals surface area (Å²) < 4.78 is 69.0. The molecule has 92 valence electrons. The Morgan fingerprint density at radius 3 is 1.88 bits per heavy atom. The highest BCUT2D eigenvalue weighted by atomic mass is 32.3. The summed E-state index contributed by atoms with van der Waals surface area (Å²) in [5.74, 6) is -1.28. The molecule has 1 aliphatic rings. The summed E-state index contributed by atoms with van der Waals surface area (Å²) in [5, 5.41) is 0. The minimum Gasteiger partial charge on any atom is -0.210 e. The van der Waals surface area contributed by atoms with Gasteiger partial charge in [0.15, 0.2) is 0 Å². The predicted molar refractivity (Wildman–Crippen MR) is 51.1 cm³/mol. The highest BCUT2D eigenvalue weighted by Crippen LogP contribution is 2.23. The van der Waals surface area contributed by atoms with E-state index in [-0.39, 0.29) is 6.42 Å². The van der Waals surface area contributed by atoms with Gasteiger partial charge in [-0.2, -0.15) is 8.42 Å². The van der Waals surface area contributed by atoms with Gasteiger partial charge in [-0.3, -0.25) is 0 Å². The molecule has 0 unspecified atom stereocenters. The second-order valence-electron chi connectivity index (χ2n) is 2.78. The van der Waals surface area contributed by atoms with E-state index in [1.807, 2.05) is 0 Å². The van der Waals surface area contributed by atoms with Crippen molar-refractivity contribution in [2.24, 2.45) is 4.40 Å². The molecule has 12 heteroatoms. The van der Waals surface area contributed by atoms with Gasteiger partial charge in [0.2, 0.25) is 20.0 Å². The zero-order valence-corrected chi connectivity index (χ0v) is 10.0. The van der Waals surface area contributed by atoms with E-state index in [4.69, 9.17) is 0 Å². The van der Waals surface area contributed by atoms with E-state index >= 15 is 0 Å². The Balaban J connectivity index is 3.55. The van der Waals surface area contributed by atoms with Gasteiger partial charge in [0.1, 0.15) is 0 Å². The maximum Gasteiger partial charge on any atom is 0.359 e. The Hall–Kier alpha value is -0.810. The van der Waals surface area contributed by atoms with Crippen molar-refractivity contribution < 1.29 is 30.0 Å². The number of isocyanates is 1. The van der Waals surface area contributed by atoms with Crippen LogP contribution in [-0.2, 0) is 35.1 Å². The molecule has 9 nitrogen and oxygen atoms in total. The number of sulfonamides is 2. The van der Waals surface area contributed by atoms with Crippen LogP contribution in [-0.4, -0.2) is 46.0 Å². The van der Waals surface area contributed by atoms with Crippen LogP contribution in [0.1, 0.15) is 6.42 Å². The summed E-state index contributed by atoms with van der Waals surface area (Å²) in [4.78, 5) is 9.80. The van der Waals surface area contributed by atoms with E-state index in [9.17, 15) is 30.0 Å². The summed E-state index contributed by atoms with van der Waals surface area (Å²) in [6.45, 7) is 0. The van der Waals surface area contributed by atoms with E-state index in [1.165, 1.54) is 0 Å². The molecule has 0 N–H and O–H groups in total. The highest BCUT2D eigenvalue weighted by molar-refractivity contribution is 8.17. The number of hydrogen-bond donors (Lipinski definition) is 0. The van der Waals surface area contributed by atoms with Gasteiger partial charge in [-0.05, 0) is 6.42 Å². The average Bonchev–Trinajstić information content (AvgIpc) is 1.97. The van der Waals surface area contributed by atoms with Crippen molar-refractivity contribution in [1.82, 2.24) is 3.12 Å². The Kier molecular flexibility index (Phi) is 3.22. The van der Waals surface area contributed by atoms with Crippen molar-refractivity contribution in [1.29, 1.82) is 0 Å². The Labute approximate surface area is 92.1 Å². The zero-order valence-electron chi connectivity index (χ0n) is 7.60. The van der Waals surface area contributed by atoms with Gasteiger partial charge in [-0.15, -0.1) is 0 Å². The smallest absolute Gasteiger partial charge is 0.210 e. The lowest BCUT2D eigenvalue weighted by molar-refractivity contribution is 0.522. The fourth-order valence-electron chi connectivity index (χ4n) is 1.11. The van der Waals surface area contributed by atoms with Crippen LogP contribution >= 0.6 is 0 Å². The summed E-state index contributed by atoms with van der Waals surface area (Å²) in [5.41, 5.74) is 0. The Morgan fingerprint density at radius 1 is 1.06 bits per heavy atom. The average molecular weight is 290 g/mol. The first-order valence-electron chi connectivity index (χ1n) is 3.74. The number of nitrogens with zero attached hydrogens (tertiary/aromatic N) is 2. The van der Waals surface area contributed by atoms with Crippen molar-refractivity contribution >= 4 is 36.3 Å². The van der Waals surface area contributed by atoms with Gasteiger partial charge >= 0.3 is 10.2 Å².